The van der Waals surface area contributed by atoms with Crippen LogP contribution in [0.5, 0.6) is 0 Å². The monoisotopic (exact) mass is 418 g/mol. The Morgan fingerprint density at radius 1 is 1.13 bits per heavy atom. The molecule has 0 aliphatic carbocycles. The number of piperazine rings is 1. The van der Waals surface area contributed by atoms with Crippen molar-refractivity contribution in [3.63, 3.8) is 0 Å². The van der Waals surface area contributed by atoms with Gasteiger partial charge in [-0.1, -0.05) is 5.16 Å². The largest absolute Gasteiger partial charge is 0.361 e. The van der Waals surface area contributed by atoms with Crippen LogP contribution in [0.25, 0.3) is 0 Å². The van der Waals surface area contributed by atoms with Gasteiger partial charge in [0.05, 0.1) is 11.7 Å². The zero-order valence-corrected chi connectivity index (χ0v) is 19.1. The number of aromatic nitrogens is 1. The van der Waals surface area contributed by atoms with Crippen molar-refractivity contribution in [1.82, 2.24) is 25.2 Å². The normalized spacial score (nSPS) is 19.4. The third kappa shape index (κ3) is 5.53. The lowest BCUT2D eigenvalue weighted by molar-refractivity contribution is -0.135. The summed E-state index contributed by atoms with van der Waals surface area (Å²) in [6.45, 7) is 15.2. The molecule has 0 bridgehead atoms. The van der Waals surface area contributed by atoms with Gasteiger partial charge in [-0.15, -0.1) is 0 Å². The van der Waals surface area contributed by atoms with E-state index in [-0.39, 0.29) is 6.04 Å². The van der Waals surface area contributed by atoms with Crippen molar-refractivity contribution < 1.29 is 9.32 Å². The minimum atomic E-state index is -0.0279. The average molecular weight is 419 g/mol. The van der Waals surface area contributed by atoms with Gasteiger partial charge in [-0.2, -0.15) is 0 Å². The molecule has 30 heavy (non-hydrogen) atoms. The van der Waals surface area contributed by atoms with Crippen LogP contribution in [0.2, 0.25) is 0 Å². The third-order valence-electron chi connectivity index (χ3n) is 6.30. The van der Waals surface area contributed by atoms with Crippen LogP contribution in [-0.4, -0.2) is 90.1 Å². The number of hydrogen-bond donors (Lipinski definition) is 1. The summed E-state index contributed by atoms with van der Waals surface area (Å²) in [6, 6.07) is -0.0279. The lowest BCUT2D eigenvalue weighted by Crippen LogP contribution is -2.57. The molecule has 2 aliphatic rings. The minimum Gasteiger partial charge on any atom is -0.361 e. The van der Waals surface area contributed by atoms with Crippen LogP contribution < -0.4 is 5.32 Å². The minimum absolute atomic E-state index is 0.0279. The summed E-state index contributed by atoms with van der Waals surface area (Å²) < 4.78 is 5.25. The first-order valence-electron chi connectivity index (χ1n) is 11.5. The van der Waals surface area contributed by atoms with Crippen LogP contribution in [0.4, 0.5) is 0 Å². The first-order chi connectivity index (χ1) is 14.5. The van der Waals surface area contributed by atoms with E-state index < -0.39 is 0 Å². The predicted octanol–water partition coefficient (Wildman–Crippen LogP) is 1.82. The molecule has 1 unspecified atom stereocenters. The molecule has 2 fully saturated rings. The summed E-state index contributed by atoms with van der Waals surface area (Å²) in [4.78, 5) is 24.2. The predicted molar refractivity (Wildman–Crippen MR) is 119 cm³/mol. The van der Waals surface area contributed by atoms with Crippen LogP contribution in [-0.2, 0) is 11.2 Å². The molecule has 2 saturated heterocycles. The highest BCUT2D eigenvalue weighted by atomic mass is 16.5. The van der Waals surface area contributed by atoms with Gasteiger partial charge in [-0.05, 0) is 53.4 Å². The summed E-state index contributed by atoms with van der Waals surface area (Å²) in [7, 11) is 0. The van der Waals surface area contributed by atoms with Gasteiger partial charge in [0.2, 0.25) is 5.91 Å². The van der Waals surface area contributed by atoms with Crippen LogP contribution in [0.15, 0.2) is 9.52 Å². The highest BCUT2D eigenvalue weighted by Crippen LogP contribution is 2.15. The number of aliphatic imine (C=N–C) groups is 1. The first kappa shape index (κ1) is 22.6. The Morgan fingerprint density at radius 3 is 2.43 bits per heavy atom. The highest BCUT2D eigenvalue weighted by Gasteiger charge is 2.30. The number of guanidine groups is 1. The standard InChI is InChI=1S/C22H38N6O2/c1-5-23-22(24-10-8-9-20-17(2)25-30-19(20)4)28-15-13-26(14-16-28)18(3)21(29)27-11-6-7-12-27/h18H,5-16H2,1-4H3,(H,23,24). The first-order valence-corrected chi connectivity index (χ1v) is 11.5. The van der Waals surface area contributed by atoms with Crippen molar-refractivity contribution in [2.24, 2.45) is 4.99 Å². The number of aryl methyl sites for hydroxylation is 2. The number of likely N-dealkylation sites (tertiary alicyclic amines) is 1. The van der Waals surface area contributed by atoms with Crippen molar-refractivity contribution in [3.8, 4) is 0 Å². The molecule has 0 saturated carbocycles. The Balaban J connectivity index is 1.48. The lowest BCUT2D eigenvalue weighted by atomic mass is 10.1. The van der Waals surface area contributed by atoms with Gasteiger partial charge >= 0.3 is 0 Å². The maximum atomic E-state index is 12.7. The summed E-state index contributed by atoms with van der Waals surface area (Å²) >= 11 is 0. The third-order valence-corrected chi connectivity index (χ3v) is 6.30. The summed E-state index contributed by atoms with van der Waals surface area (Å²) in [6.07, 6.45) is 4.20. The van der Waals surface area contributed by atoms with Gasteiger partial charge in [0.1, 0.15) is 5.76 Å². The van der Waals surface area contributed by atoms with E-state index in [0.29, 0.717) is 5.91 Å². The molecule has 3 heterocycles. The molecule has 1 atom stereocenters. The summed E-state index contributed by atoms with van der Waals surface area (Å²) in [5.41, 5.74) is 2.19. The van der Waals surface area contributed by atoms with E-state index in [1.165, 1.54) is 5.56 Å². The van der Waals surface area contributed by atoms with Gasteiger partial charge in [0.15, 0.2) is 5.96 Å². The van der Waals surface area contributed by atoms with Crippen molar-refractivity contribution in [2.45, 2.75) is 59.4 Å². The van der Waals surface area contributed by atoms with E-state index in [2.05, 4.69) is 34.1 Å². The van der Waals surface area contributed by atoms with E-state index in [1.807, 2.05) is 18.7 Å². The summed E-state index contributed by atoms with van der Waals surface area (Å²) in [5, 5.41) is 7.46. The maximum Gasteiger partial charge on any atom is 0.239 e. The Kier molecular flexibility index (Phi) is 8.13. The average Bonchev–Trinajstić information content (AvgIpc) is 3.40. The molecule has 168 valence electrons. The molecule has 2 aliphatic heterocycles. The van der Waals surface area contributed by atoms with Gasteiger partial charge in [0, 0.05) is 57.9 Å². The molecular weight excluding hydrogens is 380 g/mol. The Hall–Kier alpha value is -2.09. The van der Waals surface area contributed by atoms with Crippen molar-refractivity contribution >= 4 is 11.9 Å². The lowest BCUT2D eigenvalue weighted by Gasteiger charge is -2.39. The van der Waals surface area contributed by atoms with E-state index in [1.54, 1.807) is 0 Å². The number of carbonyl (C=O) groups is 1. The Morgan fingerprint density at radius 2 is 1.83 bits per heavy atom. The quantitative estimate of drug-likeness (QED) is 0.413. The number of carbonyl (C=O) groups excluding carboxylic acids is 1. The van der Waals surface area contributed by atoms with Crippen molar-refractivity contribution in [2.75, 3.05) is 52.4 Å². The molecule has 3 rings (SSSR count). The molecule has 0 spiro atoms. The van der Waals surface area contributed by atoms with Crippen LogP contribution in [0, 0.1) is 13.8 Å². The van der Waals surface area contributed by atoms with Crippen molar-refractivity contribution in [3.05, 3.63) is 17.0 Å². The van der Waals surface area contributed by atoms with E-state index in [4.69, 9.17) is 9.52 Å². The fourth-order valence-corrected chi connectivity index (χ4v) is 4.40. The molecule has 0 aromatic carbocycles. The Labute approximate surface area is 180 Å². The highest BCUT2D eigenvalue weighted by molar-refractivity contribution is 5.82. The number of rotatable bonds is 7. The zero-order valence-electron chi connectivity index (χ0n) is 19.1. The van der Waals surface area contributed by atoms with Crippen LogP contribution in [0.1, 0.15) is 50.1 Å². The van der Waals surface area contributed by atoms with Crippen LogP contribution >= 0.6 is 0 Å². The fraction of sp³-hybridized carbons (Fsp3) is 0.773. The van der Waals surface area contributed by atoms with Gasteiger partial charge in [-0.3, -0.25) is 14.7 Å². The molecule has 1 aromatic heterocycles. The molecule has 8 heteroatoms. The Bertz CT molecular complexity index is 698. The van der Waals surface area contributed by atoms with E-state index in [9.17, 15) is 4.79 Å². The summed E-state index contributed by atoms with van der Waals surface area (Å²) in [5.74, 6) is 2.19. The van der Waals surface area contributed by atoms with E-state index >= 15 is 0 Å². The molecular formula is C22H38N6O2. The number of amides is 1. The molecule has 1 N–H and O–H groups in total. The number of nitrogens with one attached hydrogen (secondary N) is 1. The maximum absolute atomic E-state index is 12.7. The second-order valence-corrected chi connectivity index (χ2v) is 8.37. The second-order valence-electron chi connectivity index (χ2n) is 8.37. The number of hydrogen-bond acceptors (Lipinski definition) is 5. The molecule has 1 aromatic rings. The SMILES string of the molecule is CCNC(=NCCCc1c(C)noc1C)N1CCN(C(C)C(=O)N2CCCC2)CC1. The molecule has 8 nitrogen and oxygen atoms in total. The van der Waals surface area contributed by atoms with Gasteiger partial charge in [-0.25, -0.2) is 0 Å². The molecule has 0 radical (unpaired) electrons. The van der Waals surface area contributed by atoms with Gasteiger partial charge in [0.25, 0.3) is 0 Å². The zero-order chi connectivity index (χ0) is 21.5. The fourth-order valence-electron chi connectivity index (χ4n) is 4.40. The van der Waals surface area contributed by atoms with Gasteiger partial charge < -0.3 is 19.6 Å². The van der Waals surface area contributed by atoms with E-state index in [0.717, 1.165) is 95.5 Å². The van der Waals surface area contributed by atoms with Crippen molar-refractivity contribution in [1.29, 1.82) is 0 Å². The second kappa shape index (κ2) is 10.8. The molecule has 1 amide bonds. The smallest absolute Gasteiger partial charge is 0.239 e. The number of nitrogens with zero attached hydrogens (tertiary/aromatic N) is 5. The van der Waals surface area contributed by atoms with Crippen LogP contribution in [0.3, 0.4) is 0 Å². The topological polar surface area (TPSA) is 77.2 Å².